The van der Waals surface area contributed by atoms with Crippen LogP contribution in [0.2, 0.25) is 0 Å². The number of hydrogen-bond acceptors (Lipinski definition) is 3. The van der Waals surface area contributed by atoms with E-state index in [1.165, 1.54) is 0 Å². The molecule has 1 aromatic rings. The van der Waals surface area contributed by atoms with E-state index in [0.717, 1.165) is 29.9 Å². The maximum atomic E-state index is 12.1. The first-order valence-electron chi connectivity index (χ1n) is 6.05. The van der Waals surface area contributed by atoms with Gasteiger partial charge in [0.15, 0.2) is 0 Å². The van der Waals surface area contributed by atoms with Crippen molar-refractivity contribution in [1.29, 1.82) is 0 Å². The highest BCUT2D eigenvalue weighted by Gasteiger charge is 2.29. The van der Waals surface area contributed by atoms with Crippen LogP contribution >= 0.6 is 0 Å². The molecule has 0 aliphatic carbocycles. The summed E-state index contributed by atoms with van der Waals surface area (Å²) >= 11 is 0. The summed E-state index contributed by atoms with van der Waals surface area (Å²) in [7, 11) is 1.67. The van der Waals surface area contributed by atoms with Crippen molar-refractivity contribution in [3.05, 3.63) is 42.0 Å². The molecule has 18 heavy (non-hydrogen) atoms. The number of nitrogens with one attached hydrogen (secondary N) is 1. The number of ether oxygens (including phenoxy) is 1. The molecule has 0 fully saturated rings. The van der Waals surface area contributed by atoms with Crippen molar-refractivity contribution in [2.75, 3.05) is 33.4 Å². The SMILES string of the molecule is C=C1c2ccccc2C(=O)N1CCNCCOC. The second-order valence-electron chi connectivity index (χ2n) is 4.19. The molecule has 1 amide bonds. The molecule has 1 N–H and O–H groups in total. The zero-order chi connectivity index (χ0) is 13.0. The summed E-state index contributed by atoms with van der Waals surface area (Å²) < 4.78 is 4.95. The molecular formula is C14H18N2O2. The van der Waals surface area contributed by atoms with Crippen LogP contribution in [0, 0.1) is 0 Å². The van der Waals surface area contributed by atoms with E-state index in [0.29, 0.717) is 13.2 Å². The van der Waals surface area contributed by atoms with Gasteiger partial charge in [0.1, 0.15) is 0 Å². The summed E-state index contributed by atoms with van der Waals surface area (Å²) in [6.07, 6.45) is 0. The van der Waals surface area contributed by atoms with Crippen molar-refractivity contribution in [1.82, 2.24) is 10.2 Å². The summed E-state index contributed by atoms with van der Waals surface area (Å²) in [6, 6.07) is 7.59. The minimum absolute atomic E-state index is 0.0455. The predicted octanol–water partition coefficient (Wildman–Crippen LogP) is 1.35. The third-order valence-electron chi connectivity index (χ3n) is 3.03. The monoisotopic (exact) mass is 246 g/mol. The summed E-state index contributed by atoms with van der Waals surface area (Å²) in [5.41, 5.74) is 2.49. The van der Waals surface area contributed by atoms with Crippen LogP contribution < -0.4 is 5.32 Å². The van der Waals surface area contributed by atoms with Gasteiger partial charge in [-0.25, -0.2) is 0 Å². The Morgan fingerprint density at radius 2 is 2.00 bits per heavy atom. The zero-order valence-corrected chi connectivity index (χ0v) is 10.6. The minimum atomic E-state index is 0.0455. The molecule has 1 aliphatic heterocycles. The fourth-order valence-corrected chi connectivity index (χ4v) is 2.06. The highest BCUT2D eigenvalue weighted by atomic mass is 16.5. The van der Waals surface area contributed by atoms with Gasteiger partial charge in [-0.3, -0.25) is 4.79 Å². The third-order valence-corrected chi connectivity index (χ3v) is 3.03. The van der Waals surface area contributed by atoms with Gasteiger partial charge in [0.2, 0.25) is 0 Å². The molecule has 0 spiro atoms. The number of hydrogen-bond donors (Lipinski definition) is 1. The minimum Gasteiger partial charge on any atom is -0.383 e. The van der Waals surface area contributed by atoms with Crippen LogP contribution in [0.5, 0.6) is 0 Å². The van der Waals surface area contributed by atoms with Gasteiger partial charge in [-0.05, 0) is 6.07 Å². The number of fused-ring (bicyclic) bond motifs is 1. The highest BCUT2D eigenvalue weighted by molar-refractivity contribution is 6.08. The van der Waals surface area contributed by atoms with Gasteiger partial charge >= 0.3 is 0 Å². The second-order valence-corrected chi connectivity index (χ2v) is 4.19. The van der Waals surface area contributed by atoms with Gasteiger partial charge < -0.3 is 15.0 Å². The predicted molar refractivity (Wildman–Crippen MR) is 71.3 cm³/mol. The molecule has 0 saturated carbocycles. The molecule has 0 unspecified atom stereocenters. The fraction of sp³-hybridized carbons (Fsp3) is 0.357. The molecular weight excluding hydrogens is 228 g/mol. The third kappa shape index (κ3) is 2.44. The van der Waals surface area contributed by atoms with Gasteiger partial charge in [0.05, 0.1) is 6.61 Å². The Balaban J connectivity index is 1.93. The van der Waals surface area contributed by atoms with E-state index in [4.69, 9.17) is 4.74 Å². The maximum Gasteiger partial charge on any atom is 0.258 e. The first kappa shape index (κ1) is 12.8. The maximum absolute atomic E-state index is 12.1. The number of methoxy groups -OCH3 is 1. The number of benzene rings is 1. The quantitative estimate of drug-likeness (QED) is 0.770. The molecule has 0 bridgehead atoms. The Bertz CT molecular complexity index is 422. The molecule has 0 saturated heterocycles. The summed E-state index contributed by atoms with van der Waals surface area (Å²) in [5, 5.41) is 3.22. The van der Waals surface area contributed by atoms with Crippen molar-refractivity contribution in [2.24, 2.45) is 0 Å². The van der Waals surface area contributed by atoms with E-state index in [2.05, 4.69) is 11.9 Å². The van der Waals surface area contributed by atoms with E-state index in [1.807, 2.05) is 24.3 Å². The number of carbonyl (C=O) groups excluding carboxylic acids is 1. The number of rotatable bonds is 6. The number of nitrogens with zero attached hydrogens (tertiary/aromatic N) is 1. The molecule has 1 heterocycles. The summed E-state index contributed by atoms with van der Waals surface area (Å²) in [4.78, 5) is 13.9. The Morgan fingerprint density at radius 1 is 1.28 bits per heavy atom. The van der Waals surface area contributed by atoms with Crippen LogP contribution in [-0.4, -0.2) is 44.2 Å². The lowest BCUT2D eigenvalue weighted by atomic mass is 10.1. The van der Waals surface area contributed by atoms with Gasteiger partial charge in [0, 0.05) is 43.6 Å². The number of carbonyl (C=O) groups is 1. The van der Waals surface area contributed by atoms with E-state index in [1.54, 1.807) is 12.0 Å². The lowest BCUT2D eigenvalue weighted by Crippen LogP contribution is -2.32. The Kier molecular flexibility index (Phi) is 4.12. The van der Waals surface area contributed by atoms with Gasteiger partial charge in [-0.2, -0.15) is 0 Å². The topological polar surface area (TPSA) is 41.6 Å². The summed E-state index contributed by atoms with van der Waals surface area (Å²) in [6.45, 7) is 6.83. The van der Waals surface area contributed by atoms with Crippen LogP contribution in [0.3, 0.4) is 0 Å². The van der Waals surface area contributed by atoms with Crippen molar-refractivity contribution in [3.63, 3.8) is 0 Å². The molecule has 4 nitrogen and oxygen atoms in total. The van der Waals surface area contributed by atoms with E-state index >= 15 is 0 Å². The molecule has 0 radical (unpaired) electrons. The largest absolute Gasteiger partial charge is 0.383 e. The lowest BCUT2D eigenvalue weighted by molar-refractivity contribution is 0.0851. The Hall–Kier alpha value is -1.65. The smallest absolute Gasteiger partial charge is 0.258 e. The average molecular weight is 246 g/mol. The van der Waals surface area contributed by atoms with Crippen LogP contribution in [0.25, 0.3) is 5.70 Å². The van der Waals surface area contributed by atoms with Crippen LogP contribution in [-0.2, 0) is 4.74 Å². The number of amides is 1. The zero-order valence-electron chi connectivity index (χ0n) is 10.6. The lowest BCUT2D eigenvalue weighted by Gasteiger charge is -2.17. The molecule has 4 heteroatoms. The van der Waals surface area contributed by atoms with E-state index in [-0.39, 0.29) is 5.91 Å². The summed E-state index contributed by atoms with van der Waals surface area (Å²) in [5.74, 6) is 0.0455. The average Bonchev–Trinajstić information content (AvgIpc) is 2.64. The Morgan fingerprint density at radius 3 is 2.67 bits per heavy atom. The molecule has 0 atom stereocenters. The van der Waals surface area contributed by atoms with E-state index in [9.17, 15) is 4.79 Å². The van der Waals surface area contributed by atoms with Crippen LogP contribution in [0.15, 0.2) is 30.8 Å². The van der Waals surface area contributed by atoms with Crippen LogP contribution in [0.1, 0.15) is 15.9 Å². The van der Waals surface area contributed by atoms with Gasteiger partial charge in [-0.1, -0.05) is 24.8 Å². The van der Waals surface area contributed by atoms with Crippen molar-refractivity contribution < 1.29 is 9.53 Å². The standard InChI is InChI=1S/C14H18N2O2/c1-11-12-5-3-4-6-13(12)14(17)16(11)9-7-15-8-10-18-2/h3-6,15H,1,7-10H2,2H3. The van der Waals surface area contributed by atoms with Crippen molar-refractivity contribution in [2.45, 2.75) is 0 Å². The molecule has 1 aliphatic rings. The first-order chi connectivity index (χ1) is 8.75. The molecule has 2 rings (SSSR count). The van der Waals surface area contributed by atoms with E-state index < -0.39 is 0 Å². The van der Waals surface area contributed by atoms with Crippen molar-refractivity contribution >= 4 is 11.6 Å². The first-order valence-corrected chi connectivity index (χ1v) is 6.05. The molecule has 1 aromatic carbocycles. The van der Waals surface area contributed by atoms with Gasteiger partial charge in [0.25, 0.3) is 5.91 Å². The Labute approximate surface area is 107 Å². The van der Waals surface area contributed by atoms with Crippen LogP contribution in [0.4, 0.5) is 0 Å². The second kappa shape index (κ2) is 5.80. The highest BCUT2D eigenvalue weighted by Crippen LogP contribution is 2.30. The van der Waals surface area contributed by atoms with Gasteiger partial charge in [-0.15, -0.1) is 0 Å². The normalized spacial score (nSPS) is 14.2. The molecule has 96 valence electrons. The van der Waals surface area contributed by atoms with Crippen molar-refractivity contribution in [3.8, 4) is 0 Å². The fourth-order valence-electron chi connectivity index (χ4n) is 2.06. The molecule has 0 aromatic heterocycles.